The molecule has 1 atom stereocenters. The van der Waals surface area contributed by atoms with Gasteiger partial charge in [0.2, 0.25) is 0 Å². The van der Waals surface area contributed by atoms with Crippen LogP contribution >= 0.6 is 0 Å². The van der Waals surface area contributed by atoms with Gasteiger partial charge in [-0.3, -0.25) is 4.79 Å². The molecule has 1 rings (SSSR count). The van der Waals surface area contributed by atoms with Gasteiger partial charge in [0.25, 0.3) is 0 Å². The van der Waals surface area contributed by atoms with Gasteiger partial charge in [-0.25, -0.2) is 0 Å². The number of nitrogens with two attached hydrogens (primary N) is 1. The summed E-state index contributed by atoms with van der Waals surface area (Å²) < 4.78 is 4.63. The number of rotatable bonds is 3. The highest BCUT2D eigenvalue weighted by Crippen LogP contribution is 2.41. The number of carbonyl (C=O) groups is 1. The second-order valence-corrected chi connectivity index (χ2v) is 3.90. The molecule has 0 spiro atoms. The quantitative estimate of drug-likeness (QED) is 0.680. The van der Waals surface area contributed by atoms with Crippen LogP contribution in [0, 0.1) is 37.0 Å². The molecular formula is C11H16NO2. The van der Waals surface area contributed by atoms with Gasteiger partial charge >= 0.3 is 5.97 Å². The number of hydrogen-bond acceptors (Lipinski definition) is 3. The highest BCUT2D eigenvalue weighted by molar-refractivity contribution is 5.77. The Labute approximate surface area is 86.0 Å². The molecule has 0 amide bonds. The molecule has 0 unspecified atom stereocenters. The fourth-order valence-electron chi connectivity index (χ4n) is 1.40. The molecule has 3 heteroatoms. The molecule has 0 aromatic carbocycles. The summed E-state index contributed by atoms with van der Waals surface area (Å²) in [4.78, 5) is 11.3. The van der Waals surface area contributed by atoms with Crippen LogP contribution in [0.3, 0.4) is 0 Å². The Morgan fingerprint density at radius 1 is 1.43 bits per heavy atom. The smallest absolute Gasteiger partial charge is 0.323 e. The lowest BCUT2D eigenvalue weighted by Crippen LogP contribution is -2.47. The summed E-state index contributed by atoms with van der Waals surface area (Å²) in [5.41, 5.74) is 5.43. The fraction of sp³-hybridized carbons (Fsp3) is 0.455. The SMILES string of the molecule is COC(=O)[C@H](N)C(C)(C)[C]1[CH][CH][CH][CH]1. The van der Waals surface area contributed by atoms with E-state index in [-0.39, 0.29) is 5.97 Å². The minimum Gasteiger partial charge on any atom is -0.468 e. The topological polar surface area (TPSA) is 52.3 Å². The van der Waals surface area contributed by atoms with Gasteiger partial charge in [0.1, 0.15) is 6.04 Å². The van der Waals surface area contributed by atoms with E-state index in [1.165, 1.54) is 7.11 Å². The molecule has 77 valence electrons. The van der Waals surface area contributed by atoms with Crippen molar-refractivity contribution < 1.29 is 9.53 Å². The highest BCUT2D eigenvalue weighted by Gasteiger charge is 2.41. The zero-order valence-electron chi connectivity index (χ0n) is 8.78. The van der Waals surface area contributed by atoms with Gasteiger partial charge in [-0.1, -0.05) is 13.8 Å². The zero-order valence-corrected chi connectivity index (χ0v) is 8.78. The summed E-state index contributed by atoms with van der Waals surface area (Å²) in [5.74, 6) is 0.673. The molecule has 0 aromatic heterocycles. The predicted octanol–water partition coefficient (Wildman–Crippen LogP) is 0.918. The van der Waals surface area contributed by atoms with Crippen LogP contribution in [0.15, 0.2) is 0 Å². The van der Waals surface area contributed by atoms with E-state index in [4.69, 9.17) is 5.73 Å². The Morgan fingerprint density at radius 2 is 1.93 bits per heavy atom. The molecule has 2 N–H and O–H groups in total. The first-order chi connectivity index (χ1) is 6.50. The van der Waals surface area contributed by atoms with Gasteiger partial charge in [0.15, 0.2) is 0 Å². The third-order valence-corrected chi connectivity index (χ3v) is 2.64. The van der Waals surface area contributed by atoms with Crippen LogP contribution in [0.2, 0.25) is 0 Å². The van der Waals surface area contributed by atoms with Crippen LogP contribution in [0.25, 0.3) is 0 Å². The number of esters is 1. The van der Waals surface area contributed by atoms with Crippen molar-refractivity contribution in [3.05, 3.63) is 31.6 Å². The maximum atomic E-state index is 11.3. The Bertz CT molecular complexity index is 207. The van der Waals surface area contributed by atoms with Crippen molar-refractivity contribution in [3.63, 3.8) is 0 Å². The van der Waals surface area contributed by atoms with E-state index < -0.39 is 11.5 Å². The van der Waals surface area contributed by atoms with Gasteiger partial charge in [-0.15, -0.1) is 0 Å². The highest BCUT2D eigenvalue weighted by atomic mass is 16.5. The van der Waals surface area contributed by atoms with Gasteiger partial charge in [-0.2, -0.15) is 0 Å². The van der Waals surface area contributed by atoms with Crippen molar-refractivity contribution in [2.24, 2.45) is 11.1 Å². The predicted molar refractivity (Wildman–Crippen MR) is 54.2 cm³/mol. The van der Waals surface area contributed by atoms with E-state index in [0.717, 1.165) is 5.92 Å². The van der Waals surface area contributed by atoms with E-state index in [0.29, 0.717) is 0 Å². The summed E-state index contributed by atoms with van der Waals surface area (Å²) in [6.45, 7) is 3.87. The molecule has 0 aliphatic heterocycles. The lowest BCUT2D eigenvalue weighted by molar-refractivity contribution is -0.144. The molecule has 14 heavy (non-hydrogen) atoms. The van der Waals surface area contributed by atoms with E-state index >= 15 is 0 Å². The average Bonchev–Trinajstić information content (AvgIpc) is 2.68. The van der Waals surface area contributed by atoms with E-state index in [9.17, 15) is 4.79 Å². The van der Waals surface area contributed by atoms with E-state index in [1.807, 2.05) is 39.5 Å². The van der Waals surface area contributed by atoms with Crippen LogP contribution in [0.5, 0.6) is 0 Å². The van der Waals surface area contributed by atoms with Gasteiger partial charge in [-0.05, 0) is 37.0 Å². The lowest BCUT2D eigenvalue weighted by Gasteiger charge is -2.34. The Hall–Kier alpha value is -0.570. The molecule has 1 aliphatic rings. The second kappa shape index (κ2) is 4.30. The third-order valence-electron chi connectivity index (χ3n) is 2.64. The Kier molecular flexibility index (Phi) is 3.53. The van der Waals surface area contributed by atoms with Crippen LogP contribution in [0.1, 0.15) is 13.8 Å². The number of ether oxygens (including phenoxy) is 1. The minimum atomic E-state index is -0.630. The van der Waals surface area contributed by atoms with Crippen molar-refractivity contribution >= 4 is 5.97 Å². The third kappa shape index (κ3) is 2.08. The number of methoxy groups -OCH3 is 1. The summed E-state index contributed by atoms with van der Waals surface area (Å²) in [5, 5.41) is 0. The van der Waals surface area contributed by atoms with E-state index in [1.54, 1.807) is 0 Å². The zero-order chi connectivity index (χ0) is 10.8. The summed E-state index contributed by atoms with van der Waals surface area (Å²) >= 11 is 0. The summed E-state index contributed by atoms with van der Waals surface area (Å²) in [6.07, 6.45) is 7.79. The van der Waals surface area contributed by atoms with Crippen molar-refractivity contribution in [1.29, 1.82) is 0 Å². The molecule has 0 heterocycles. The summed E-state index contributed by atoms with van der Waals surface area (Å²) in [7, 11) is 1.35. The molecule has 3 nitrogen and oxygen atoms in total. The molecule has 1 saturated carbocycles. The lowest BCUT2D eigenvalue weighted by atomic mass is 9.72. The number of hydrogen-bond donors (Lipinski definition) is 1. The van der Waals surface area contributed by atoms with Crippen LogP contribution < -0.4 is 5.73 Å². The Balaban J connectivity index is 2.66. The normalized spacial score (nSPS) is 20.9. The number of carbonyl (C=O) groups excluding carboxylic acids is 1. The van der Waals surface area contributed by atoms with Gasteiger partial charge in [0, 0.05) is 0 Å². The average molecular weight is 194 g/mol. The molecule has 0 saturated heterocycles. The van der Waals surface area contributed by atoms with Crippen LogP contribution in [-0.2, 0) is 9.53 Å². The maximum absolute atomic E-state index is 11.3. The van der Waals surface area contributed by atoms with Crippen molar-refractivity contribution in [1.82, 2.24) is 0 Å². The molecule has 5 radical (unpaired) electrons. The van der Waals surface area contributed by atoms with Gasteiger partial charge < -0.3 is 10.5 Å². The largest absolute Gasteiger partial charge is 0.468 e. The monoisotopic (exact) mass is 194 g/mol. The van der Waals surface area contributed by atoms with Crippen molar-refractivity contribution in [2.75, 3.05) is 7.11 Å². The molecule has 1 aliphatic carbocycles. The summed E-state index contributed by atoms with van der Waals surface area (Å²) in [6, 6.07) is -0.630. The second-order valence-electron chi connectivity index (χ2n) is 3.90. The first kappa shape index (κ1) is 11.5. The standard InChI is InChI=1S/C11H16NO2/c1-11(2,8-6-4-5-7-8)9(12)10(13)14-3/h4-7,9H,12H2,1-3H3/t9-/m0/s1. The van der Waals surface area contributed by atoms with E-state index in [2.05, 4.69) is 4.74 Å². The Morgan fingerprint density at radius 3 is 2.36 bits per heavy atom. The fourth-order valence-corrected chi connectivity index (χ4v) is 1.40. The molecule has 0 bridgehead atoms. The first-order valence-corrected chi connectivity index (χ1v) is 4.55. The maximum Gasteiger partial charge on any atom is 0.323 e. The first-order valence-electron chi connectivity index (χ1n) is 4.55. The van der Waals surface area contributed by atoms with Crippen LogP contribution in [0.4, 0.5) is 0 Å². The van der Waals surface area contributed by atoms with Gasteiger partial charge in [0.05, 0.1) is 7.11 Å². The van der Waals surface area contributed by atoms with Crippen molar-refractivity contribution in [3.8, 4) is 0 Å². The van der Waals surface area contributed by atoms with Crippen molar-refractivity contribution in [2.45, 2.75) is 19.9 Å². The van der Waals surface area contributed by atoms with Crippen LogP contribution in [-0.4, -0.2) is 19.1 Å². The molecule has 0 aromatic rings. The molecule has 1 fully saturated rings. The minimum absolute atomic E-state index is 0.379. The molecular weight excluding hydrogens is 178 g/mol.